The van der Waals surface area contributed by atoms with Gasteiger partial charge in [-0.05, 0) is 18.2 Å². The summed E-state index contributed by atoms with van der Waals surface area (Å²) < 4.78 is 39.7. The van der Waals surface area contributed by atoms with Crippen molar-refractivity contribution in [1.82, 2.24) is 9.88 Å². The van der Waals surface area contributed by atoms with Crippen molar-refractivity contribution in [2.75, 3.05) is 5.73 Å². The monoisotopic (exact) mass is 401 g/mol. The maximum atomic E-state index is 12.9. The maximum Gasteiger partial charge on any atom is 0.416 e. The quantitative estimate of drug-likeness (QED) is 0.715. The molecule has 2 aromatic rings. The van der Waals surface area contributed by atoms with E-state index >= 15 is 0 Å². The number of benzene rings is 1. The number of nitrogen functional groups attached to an aromatic ring is 1. The van der Waals surface area contributed by atoms with Gasteiger partial charge in [-0.3, -0.25) is 24.3 Å². The second-order valence-electron chi connectivity index (χ2n) is 4.97. The number of hydrogen-bond donors (Lipinski definition) is 2. The number of imide groups is 1. The van der Waals surface area contributed by atoms with Gasteiger partial charge < -0.3 is 5.73 Å². The molecule has 24 heavy (non-hydrogen) atoms. The average molecular weight is 402 g/mol. The van der Waals surface area contributed by atoms with Gasteiger partial charge in [-0.1, -0.05) is 15.9 Å². The molecular formula is C14H7BrF3N3O3. The zero-order chi connectivity index (χ0) is 17.8. The lowest BCUT2D eigenvalue weighted by atomic mass is 10.1. The summed E-state index contributed by atoms with van der Waals surface area (Å²) in [5.41, 5.74) is 3.32. The van der Waals surface area contributed by atoms with Crippen LogP contribution in [0.1, 0.15) is 26.3 Å². The summed E-state index contributed by atoms with van der Waals surface area (Å²) in [4.78, 5) is 35.6. The Morgan fingerprint density at radius 2 is 1.71 bits per heavy atom. The van der Waals surface area contributed by atoms with E-state index < -0.39 is 34.9 Å². The van der Waals surface area contributed by atoms with Crippen LogP contribution in [0, 0.1) is 0 Å². The number of hydrogen-bond acceptors (Lipinski definition) is 4. The number of halogens is 4. The first-order chi connectivity index (χ1) is 11.1. The highest BCUT2D eigenvalue weighted by atomic mass is 79.9. The van der Waals surface area contributed by atoms with Crippen molar-refractivity contribution in [2.24, 2.45) is 0 Å². The maximum absolute atomic E-state index is 12.9. The molecule has 1 aliphatic rings. The number of fused-ring (bicyclic) bond motifs is 1. The van der Waals surface area contributed by atoms with Crippen molar-refractivity contribution in [3.05, 3.63) is 55.8 Å². The van der Waals surface area contributed by atoms with Crippen LogP contribution in [-0.4, -0.2) is 16.4 Å². The van der Waals surface area contributed by atoms with Crippen LogP contribution in [0.3, 0.4) is 0 Å². The molecule has 2 amide bonds. The summed E-state index contributed by atoms with van der Waals surface area (Å²) in [6.45, 7) is 0. The van der Waals surface area contributed by atoms with Crippen molar-refractivity contribution >= 4 is 33.6 Å². The SMILES string of the molecule is Nc1c2c(cc(=O)n1-c1cc(Br)cc(C(F)(F)F)c1)C(=O)NC2=O. The molecule has 0 spiro atoms. The molecule has 1 aromatic heterocycles. The molecule has 0 radical (unpaired) electrons. The third-order valence-corrected chi connectivity index (χ3v) is 3.88. The number of alkyl halides is 3. The molecule has 3 rings (SSSR count). The molecule has 6 nitrogen and oxygen atoms in total. The third kappa shape index (κ3) is 2.48. The second kappa shape index (κ2) is 5.20. The fourth-order valence-electron chi connectivity index (χ4n) is 2.41. The molecule has 2 heterocycles. The number of aromatic nitrogens is 1. The summed E-state index contributed by atoms with van der Waals surface area (Å²) in [7, 11) is 0. The highest BCUT2D eigenvalue weighted by Crippen LogP contribution is 2.33. The minimum absolute atomic E-state index is 0.0691. The van der Waals surface area contributed by atoms with Gasteiger partial charge in [-0.25, -0.2) is 0 Å². The first-order valence-corrected chi connectivity index (χ1v) is 7.18. The molecule has 0 saturated heterocycles. The normalized spacial score (nSPS) is 13.8. The van der Waals surface area contributed by atoms with E-state index in [-0.39, 0.29) is 21.3 Å². The molecule has 10 heteroatoms. The van der Waals surface area contributed by atoms with Crippen molar-refractivity contribution < 1.29 is 22.8 Å². The van der Waals surface area contributed by atoms with Gasteiger partial charge in [0.1, 0.15) is 5.82 Å². The predicted molar refractivity (Wildman–Crippen MR) is 81.0 cm³/mol. The predicted octanol–water partition coefficient (Wildman–Crippen LogP) is 2.08. The van der Waals surface area contributed by atoms with Crippen molar-refractivity contribution in [3.8, 4) is 5.69 Å². The number of nitrogens with one attached hydrogen (secondary N) is 1. The molecule has 0 saturated carbocycles. The first-order valence-electron chi connectivity index (χ1n) is 6.39. The lowest BCUT2D eigenvalue weighted by molar-refractivity contribution is -0.137. The van der Waals surface area contributed by atoms with Crippen LogP contribution in [0.2, 0.25) is 0 Å². The van der Waals surface area contributed by atoms with Gasteiger partial charge in [0, 0.05) is 10.5 Å². The van der Waals surface area contributed by atoms with Crippen LogP contribution in [0.25, 0.3) is 5.69 Å². The fourth-order valence-corrected chi connectivity index (χ4v) is 2.89. The van der Waals surface area contributed by atoms with E-state index in [1.54, 1.807) is 0 Å². The first kappa shape index (κ1) is 16.2. The van der Waals surface area contributed by atoms with E-state index in [4.69, 9.17) is 5.73 Å². The number of pyridine rings is 1. The zero-order valence-corrected chi connectivity index (χ0v) is 13.2. The average Bonchev–Trinajstić information content (AvgIpc) is 2.72. The molecule has 0 unspecified atom stereocenters. The molecule has 1 aromatic carbocycles. The van der Waals surface area contributed by atoms with Gasteiger partial charge >= 0.3 is 6.18 Å². The zero-order valence-electron chi connectivity index (χ0n) is 11.6. The molecule has 0 fully saturated rings. The van der Waals surface area contributed by atoms with Gasteiger partial charge in [0.2, 0.25) is 0 Å². The highest BCUT2D eigenvalue weighted by Gasteiger charge is 2.34. The van der Waals surface area contributed by atoms with Gasteiger partial charge in [0.25, 0.3) is 17.4 Å². The Hall–Kier alpha value is -2.62. The van der Waals surface area contributed by atoms with Crippen LogP contribution in [0.4, 0.5) is 19.0 Å². The number of nitrogens with zero attached hydrogens (tertiary/aromatic N) is 1. The van der Waals surface area contributed by atoms with Crippen molar-refractivity contribution in [1.29, 1.82) is 0 Å². The van der Waals surface area contributed by atoms with Crippen LogP contribution >= 0.6 is 15.9 Å². The number of anilines is 1. The Balaban J connectivity index is 2.31. The summed E-state index contributed by atoms with van der Waals surface area (Å²) in [5.74, 6) is -2.00. The molecule has 124 valence electrons. The smallest absolute Gasteiger partial charge is 0.384 e. The summed E-state index contributed by atoms with van der Waals surface area (Å²) in [5, 5.41) is 1.98. The molecular weight excluding hydrogens is 395 g/mol. The molecule has 3 N–H and O–H groups in total. The van der Waals surface area contributed by atoms with E-state index in [2.05, 4.69) is 15.9 Å². The largest absolute Gasteiger partial charge is 0.416 e. The lowest BCUT2D eigenvalue weighted by Gasteiger charge is -2.14. The van der Waals surface area contributed by atoms with E-state index in [9.17, 15) is 27.6 Å². The molecule has 0 atom stereocenters. The number of rotatable bonds is 1. The van der Waals surface area contributed by atoms with Gasteiger partial charge in [-0.15, -0.1) is 0 Å². The van der Waals surface area contributed by atoms with Crippen molar-refractivity contribution in [3.63, 3.8) is 0 Å². The summed E-state index contributed by atoms with van der Waals surface area (Å²) in [6.07, 6.45) is -4.64. The van der Waals surface area contributed by atoms with Crippen LogP contribution < -0.4 is 16.6 Å². The van der Waals surface area contributed by atoms with Gasteiger partial charge in [0.15, 0.2) is 0 Å². The van der Waals surface area contributed by atoms with Crippen LogP contribution in [0.5, 0.6) is 0 Å². The van der Waals surface area contributed by atoms with Gasteiger partial charge in [0.05, 0.1) is 22.4 Å². The Labute approximate surface area is 140 Å². The Bertz CT molecular complexity index is 966. The van der Waals surface area contributed by atoms with E-state index in [1.807, 2.05) is 5.32 Å². The number of carbonyl (C=O) groups is 2. The minimum atomic E-state index is -4.64. The topological polar surface area (TPSA) is 94.2 Å². The van der Waals surface area contributed by atoms with E-state index in [0.717, 1.165) is 22.8 Å². The number of carbonyl (C=O) groups excluding carboxylic acids is 2. The molecule has 0 bridgehead atoms. The minimum Gasteiger partial charge on any atom is -0.384 e. The third-order valence-electron chi connectivity index (χ3n) is 3.42. The summed E-state index contributed by atoms with van der Waals surface area (Å²) in [6, 6.07) is 3.67. The Morgan fingerprint density at radius 3 is 2.33 bits per heavy atom. The number of nitrogens with two attached hydrogens (primary N) is 1. The van der Waals surface area contributed by atoms with Crippen molar-refractivity contribution in [2.45, 2.75) is 6.18 Å². The van der Waals surface area contributed by atoms with Gasteiger partial charge in [-0.2, -0.15) is 13.2 Å². The van der Waals surface area contributed by atoms with Crippen LogP contribution in [0.15, 0.2) is 33.5 Å². The fraction of sp³-hybridized carbons (Fsp3) is 0.0714. The van der Waals surface area contributed by atoms with Crippen LogP contribution in [-0.2, 0) is 6.18 Å². The number of amides is 2. The van der Waals surface area contributed by atoms with E-state index in [1.165, 1.54) is 6.07 Å². The molecule has 0 aliphatic carbocycles. The Kier molecular flexibility index (Phi) is 3.52. The Morgan fingerprint density at radius 1 is 1.04 bits per heavy atom. The second-order valence-corrected chi connectivity index (χ2v) is 5.89. The highest BCUT2D eigenvalue weighted by molar-refractivity contribution is 9.10. The summed E-state index contributed by atoms with van der Waals surface area (Å²) >= 11 is 2.95. The standard InChI is InChI=1S/C14H7BrF3N3O3/c15-6-1-5(14(16,17)18)2-7(3-6)21-9(22)4-8-10(11(21)19)13(24)20-12(8)23/h1-4H,19H2,(H,20,23,24). The molecule has 1 aliphatic heterocycles. The lowest BCUT2D eigenvalue weighted by Crippen LogP contribution is -2.24. The van der Waals surface area contributed by atoms with E-state index in [0.29, 0.717) is 0 Å².